The Hall–Kier alpha value is -2.30. The Balaban J connectivity index is 1.95. The predicted molar refractivity (Wildman–Crippen MR) is 57.6 cm³/mol. The van der Waals surface area contributed by atoms with Crippen LogP contribution >= 0.6 is 0 Å². The van der Waals surface area contributed by atoms with Crippen LogP contribution in [0.25, 0.3) is 0 Å². The topological polar surface area (TPSA) is 52.1 Å². The molecule has 17 heavy (non-hydrogen) atoms. The average Bonchev–Trinajstić information content (AvgIpc) is 2.39. The van der Waals surface area contributed by atoms with E-state index in [-0.39, 0.29) is 18.1 Å². The number of hydrogen-bond donors (Lipinski definition) is 0. The summed E-state index contributed by atoms with van der Waals surface area (Å²) in [6.07, 6.45) is 2.73. The van der Waals surface area contributed by atoms with Gasteiger partial charge in [0.05, 0.1) is 0 Å². The van der Waals surface area contributed by atoms with Crippen molar-refractivity contribution >= 4 is 5.97 Å². The molecule has 0 N–H and O–H groups in total. The number of ether oxygens (including phenoxy) is 1. The van der Waals surface area contributed by atoms with E-state index in [2.05, 4.69) is 9.97 Å². The van der Waals surface area contributed by atoms with E-state index in [4.69, 9.17) is 4.74 Å². The summed E-state index contributed by atoms with van der Waals surface area (Å²) in [5.74, 6) is -0.854. The Morgan fingerprint density at radius 2 is 2.00 bits per heavy atom. The highest BCUT2D eigenvalue weighted by molar-refractivity contribution is 5.86. The number of halogens is 1. The second kappa shape index (κ2) is 5.16. The van der Waals surface area contributed by atoms with E-state index in [1.54, 1.807) is 12.1 Å². The summed E-state index contributed by atoms with van der Waals surface area (Å²) in [6.45, 7) is 0.0864. The maximum Gasteiger partial charge on any atom is 0.357 e. The molecule has 4 nitrogen and oxygen atoms in total. The zero-order valence-corrected chi connectivity index (χ0v) is 8.84. The molecule has 2 rings (SSSR count). The number of carbonyl (C=O) groups is 1. The third-order valence-electron chi connectivity index (χ3n) is 2.07. The van der Waals surface area contributed by atoms with Crippen LogP contribution in [0.4, 0.5) is 4.39 Å². The molecule has 2 aromatic rings. The number of esters is 1. The van der Waals surface area contributed by atoms with E-state index in [9.17, 15) is 9.18 Å². The normalized spacial score (nSPS) is 9.94. The summed E-state index contributed by atoms with van der Waals surface area (Å²) in [5.41, 5.74) is 0.913. The summed E-state index contributed by atoms with van der Waals surface area (Å²) in [7, 11) is 0. The lowest BCUT2D eigenvalue weighted by molar-refractivity contribution is 0.0465. The van der Waals surface area contributed by atoms with Gasteiger partial charge in [0, 0.05) is 6.20 Å². The zero-order valence-electron chi connectivity index (χ0n) is 8.84. The van der Waals surface area contributed by atoms with Crippen LogP contribution in [0.2, 0.25) is 0 Å². The first kappa shape index (κ1) is 11.2. The van der Waals surface area contributed by atoms with Crippen molar-refractivity contribution in [1.82, 2.24) is 9.97 Å². The number of hydrogen-bond acceptors (Lipinski definition) is 4. The van der Waals surface area contributed by atoms with Gasteiger partial charge in [-0.25, -0.2) is 19.2 Å². The molecule has 0 bridgehead atoms. The molecular formula is C12H9FN2O2. The van der Waals surface area contributed by atoms with Gasteiger partial charge in [-0.3, -0.25) is 0 Å². The highest BCUT2D eigenvalue weighted by Gasteiger charge is 2.07. The van der Waals surface area contributed by atoms with Gasteiger partial charge in [-0.15, -0.1) is 0 Å². The number of carbonyl (C=O) groups excluding carboxylic acids is 1. The first-order valence-corrected chi connectivity index (χ1v) is 4.93. The van der Waals surface area contributed by atoms with Crippen molar-refractivity contribution in [3.8, 4) is 0 Å². The number of aromatic nitrogens is 2. The first-order chi connectivity index (χ1) is 8.25. The van der Waals surface area contributed by atoms with Crippen LogP contribution < -0.4 is 0 Å². The lowest BCUT2D eigenvalue weighted by Gasteiger charge is -2.03. The van der Waals surface area contributed by atoms with Gasteiger partial charge in [0.15, 0.2) is 5.69 Å². The lowest BCUT2D eigenvalue weighted by atomic mass is 10.2. The van der Waals surface area contributed by atoms with Crippen molar-refractivity contribution in [2.75, 3.05) is 0 Å². The Morgan fingerprint density at radius 3 is 2.65 bits per heavy atom. The zero-order chi connectivity index (χ0) is 12.1. The Kier molecular flexibility index (Phi) is 3.40. The van der Waals surface area contributed by atoms with Crippen molar-refractivity contribution in [3.05, 3.63) is 59.9 Å². The molecule has 0 aliphatic heterocycles. The third-order valence-corrected chi connectivity index (χ3v) is 2.07. The van der Waals surface area contributed by atoms with E-state index in [1.807, 2.05) is 0 Å². The number of rotatable bonds is 3. The minimum absolute atomic E-state index is 0.0864. The maximum atomic E-state index is 12.6. The van der Waals surface area contributed by atoms with Gasteiger partial charge in [0.2, 0.25) is 0 Å². The van der Waals surface area contributed by atoms with E-state index in [0.29, 0.717) is 5.56 Å². The SMILES string of the molecule is O=C(OCc1ccc(F)cc1)c1ccncn1. The molecule has 0 saturated heterocycles. The van der Waals surface area contributed by atoms with Crippen LogP contribution in [0.3, 0.4) is 0 Å². The second-order valence-corrected chi connectivity index (χ2v) is 3.30. The molecule has 0 radical (unpaired) electrons. The lowest BCUT2D eigenvalue weighted by Crippen LogP contribution is -2.07. The van der Waals surface area contributed by atoms with E-state index in [0.717, 1.165) is 0 Å². The summed E-state index contributed by atoms with van der Waals surface area (Å²) in [4.78, 5) is 19.0. The van der Waals surface area contributed by atoms with Crippen LogP contribution in [0.15, 0.2) is 42.9 Å². The smallest absolute Gasteiger partial charge is 0.357 e. The summed E-state index contributed by atoms with van der Waals surface area (Å²) in [5, 5.41) is 0. The van der Waals surface area contributed by atoms with Crippen LogP contribution in [0.5, 0.6) is 0 Å². The second-order valence-electron chi connectivity index (χ2n) is 3.30. The van der Waals surface area contributed by atoms with Gasteiger partial charge in [0.1, 0.15) is 18.8 Å². The highest BCUT2D eigenvalue weighted by atomic mass is 19.1. The first-order valence-electron chi connectivity index (χ1n) is 4.93. The van der Waals surface area contributed by atoms with Gasteiger partial charge in [-0.2, -0.15) is 0 Å². The van der Waals surface area contributed by atoms with Gasteiger partial charge >= 0.3 is 5.97 Å². The van der Waals surface area contributed by atoms with Crippen LogP contribution in [0, 0.1) is 5.82 Å². The molecule has 0 spiro atoms. The van der Waals surface area contributed by atoms with Crippen LogP contribution in [-0.2, 0) is 11.3 Å². The molecule has 0 atom stereocenters. The summed E-state index contributed by atoms with van der Waals surface area (Å²) < 4.78 is 17.6. The average molecular weight is 232 g/mol. The van der Waals surface area contributed by atoms with E-state index in [1.165, 1.54) is 30.7 Å². The standard InChI is InChI=1S/C12H9FN2O2/c13-10-3-1-9(2-4-10)7-17-12(16)11-5-6-14-8-15-11/h1-6,8H,7H2. The fourth-order valence-corrected chi connectivity index (χ4v) is 1.21. The third kappa shape index (κ3) is 3.07. The van der Waals surface area contributed by atoms with Crippen molar-refractivity contribution < 1.29 is 13.9 Å². The minimum Gasteiger partial charge on any atom is -0.456 e. The monoisotopic (exact) mass is 232 g/mol. The molecule has 0 unspecified atom stereocenters. The largest absolute Gasteiger partial charge is 0.456 e. The Bertz CT molecular complexity index is 500. The molecule has 0 aliphatic carbocycles. The van der Waals surface area contributed by atoms with E-state index >= 15 is 0 Å². The van der Waals surface area contributed by atoms with E-state index < -0.39 is 5.97 Å². The maximum absolute atomic E-state index is 12.6. The molecule has 0 saturated carbocycles. The number of benzene rings is 1. The summed E-state index contributed by atoms with van der Waals surface area (Å²) in [6, 6.07) is 7.21. The molecule has 5 heteroatoms. The van der Waals surface area contributed by atoms with Gasteiger partial charge in [-0.05, 0) is 23.8 Å². The fraction of sp³-hybridized carbons (Fsp3) is 0.0833. The number of nitrogens with zero attached hydrogens (tertiary/aromatic N) is 2. The van der Waals surface area contributed by atoms with Crippen molar-refractivity contribution in [1.29, 1.82) is 0 Å². The van der Waals surface area contributed by atoms with Crippen molar-refractivity contribution in [3.63, 3.8) is 0 Å². The summed E-state index contributed by atoms with van der Waals surface area (Å²) >= 11 is 0. The fourth-order valence-electron chi connectivity index (χ4n) is 1.21. The molecule has 1 aromatic carbocycles. The Labute approximate surface area is 97.1 Å². The van der Waals surface area contributed by atoms with Crippen LogP contribution in [-0.4, -0.2) is 15.9 Å². The molecule has 86 valence electrons. The quantitative estimate of drug-likeness (QED) is 0.759. The van der Waals surface area contributed by atoms with Gasteiger partial charge in [0.25, 0.3) is 0 Å². The van der Waals surface area contributed by atoms with Gasteiger partial charge < -0.3 is 4.74 Å². The molecule has 1 aromatic heterocycles. The molecule has 0 fully saturated rings. The van der Waals surface area contributed by atoms with Crippen molar-refractivity contribution in [2.45, 2.75) is 6.61 Å². The molecule has 1 heterocycles. The molecule has 0 amide bonds. The molecular weight excluding hydrogens is 223 g/mol. The highest BCUT2D eigenvalue weighted by Crippen LogP contribution is 2.05. The predicted octanol–water partition coefficient (Wildman–Crippen LogP) is 1.97. The van der Waals surface area contributed by atoms with Crippen LogP contribution in [0.1, 0.15) is 16.1 Å². The Morgan fingerprint density at radius 1 is 1.24 bits per heavy atom. The van der Waals surface area contributed by atoms with Gasteiger partial charge in [-0.1, -0.05) is 12.1 Å². The molecule has 0 aliphatic rings. The van der Waals surface area contributed by atoms with Crippen molar-refractivity contribution in [2.24, 2.45) is 0 Å². The minimum atomic E-state index is -0.531.